The molecule has 0 saturated heterocycles. The van der Waals surface area contributed by atoms with E-state index in [2.05, 4.69) is 15.8 Å². The number of carbonyl (C=O) groups excluding carboxylic acids is 2. The molecule has 0 spiro atoms. The number of carbonyl (C=O) groups is 2. The third-order valence-corrected chi connectivity index (χ3v) is 4.32. The number of anilines is 1. The summed E-state index contributed by atoms with van der Waals surface area (Å²) < 4.78 is 0. The molecule has 5 nitrogen and oxygen atoms in total. The summed E-state index contributed by atoms with van der Waals surface area (Å²) in [5, 5.41) is 7.40. The van der Waals surface area contributed by atoms with Gasteiger partial charge in [0.15, 0.2) is 5.78 Å². The van der Waals surface area contributed by atoms with Crippen LogP contribution in [0.5, 0.6) is 0 Å². The van der Waals surface area contributed by atoms with E-state index < -0.39 is 6.04 Å². The van der Waals surface area contributed by atoms with Crippen LogP contribution in [-0.4, -0.2) is 23.9 Å². The molecule has 2 atom stereocenters. The molecular formula is C19H18ClN3O2. The Bertz CT molecular complexity index is 775. The number of benzene rings is 2. The summed E-state index contributed by atoms with van der Waals surface area (Å²) in [7, 11) is 0. The molecule has 0 radical (unpaired) electrons. The third-order valence-electron chi connectivity index (χ3n) is 4.07. The average molecular weight is 356 g/mol. The summed E-state index contributed by atoms with van der Waals surface area (Å²) in [6, 6.07) is 16.2. The van der Waals surface area contributed by atoms with Gasteiger partial charge in [0.1, 0.15) is 6.04 Å². The van der Waals surface area contributed by atoms with E-state index in [0.29, 0.717) is 10.7 Å². The van der Waals surface area contributed by atoms with E-state index in [9.17, 15) is 9.59 Å². The van der Waals surface area contributed by atoms with E-state index in [0.717, 1.165) is 5.56 Å². The van der Waals surface area contributed by atoms with Crippen molar-refractivity contribution < 1.29 is 9.59 Å². The molecular weight excluding hydrogens is 338 g/mol. The zero-order valence-electron chi connectivity index (χ0n) is 13.5. The van der Waals surface area contributed by atoms with Gasteiger partial charge in [-0.2, -0.15) is 5.10 Å². The summed E-state index contributed by atoms with van der Waals surface area (Å²) in [6.07, 6.45) is 2.02. The monoisotopic (exact) mass is 355 g/mol. The molecule has 0 unspecified atom stereocenters. The molecule has 1 aliphatic heterocycles. The molecule has 1 heterocycles. The summed E-state index contributed by atoms with van der Waals surface area (Å²) in [5.41, 5.74) is 4.54. The van der Waals surface area contributed by atoms with Crippen molar-refractivity contribution in [3.8, 4) is 0 Å². The molecule has 6 heteroatoms. The summed E-state index contributed by atoms with van der Waals surface area (Å²) in [4.78, 5) is 24.5. The molecule has 2 N–H and O–H groups in total. The van der Waals surface area contributed by atoms with Crippen LogP contribution < -0.4 is 10.7 Å². The predicted octanol–water partition coefficient (Wildman–Crippen LogP) is 3.37. The van der Waals surface area contributed by atoms with Crippen molar-refractivity contribution in [1.82, 2.24) is 5.43 Å². The fourth-order valence-corrected chi connectivity index (χ4v) is 2.87. The van der Waals surface area contributed by atoms with Crippen molar-refractivity contribution in [2.45, 2.75) is 24.8 Å². The predicted molar refractivity (Wildman–Crippen MR) is 98.9 cm³/mol. The largest absolute Gasteiger partial charge is 0.326 e. The number of Topliss-reactive ketones (excluding diaryl/α,β-unsaturated/α-hetero) is 1. The summed E-state index contributed by atoms with van der Waals surface area (Å²) in [6.45, 7) is 0. The van der Waals surface area contributed by atoms with Crippen LogP contribution in [0.4, 0.5) is 5.69 Å². The lowest BCUT2D eigenvalue weighted by Gasteiger charge is -2.17. The van der Waals surface area contributed by atoms with Gasteiger partial charge in [0.25, 0.3) is 0 Å². The zero-order chi connectivity index (χ0) is 17.6. The van der Waals surface area contributed by atoms with Gasteiger partial charge in [-0.1, -0.05) is 41.9 Å². The Morgan fingerprint density at radius 3 is 2.48 bits per heavy atom. The number of ketones is 1. The van der Waals surface area contributed by atoms with Crippen LogP contribution in [0.25, 0.3) is 0 Å². The van der Waals surface area contributed by atoms with E-state index in [4.69, 9.17) is 11.6 Å². The average Bonchev–Trinajstić information content (AvgIpc) is 3.12. The molecule has 1 aliphatic rings. The van der Waals surface area contributed by atoms with Crippen LogP contribution in [0.15, 0.2) is 59.7 Å². The molecule has 0 bridgehead atoms. The molecule has 1 amide bonds. The molecule has 0 aliphatic carbocycles. The number of hydrogen-bond acceptors (Lipinski definition) is 4. The van der Waals surface area contributed by atoms with Gasteiger partial charge < -0.3 is 5.32 Å². The first-order valence-corrected chi connectivity index (χ1v) is 8.43. The lowest BCUT2D eigenvalue weighted by atomic mass is 9.90. The highest BCUT2D eigenvalue weighted by Gasteiger charge is 2.31. The Hall–Kier alpha value is -2.66. The van der Waals surface area contributed by atoms with Gasteiger partial charge in [0.05, 0.1) is 0 Å². The first kappa shape index (κ1) is 17.2. The maximum atomic E-state index is 12.5. The van der Waals surface area contributed by atoms with Crippen LogP contribution in [0.2, 0.25) is 5.02 Å². The number of nitrogens with zero attached hydrogens (tertiary/aromatic N) is 1. The first-order valence-electron chi connectivity index (χ1n) is 8.05. The normalized spacial score (nSPS) is 18.6. The van der Waals surface area contributed by atoms with E-state index in [1.807, 2.05) is 30.3 Å². The number of halogens is 1. The highest BCUT2D eigenvalue weighted by atomic mass is 35.5. The van der Waals surface area contributed by atoms with Crippen LogP contribution in [-0.2, 0) is 9.59 Å². The van der Waals surface area contributed by atoms with Gasteiger partial charge >= 0.3 is 0 Å². The van der Waals surface area contributed by atoms with Crippen LogP contribution >= 0.6 is 11.6 Å². The van der Waals surface area contributed by atoms with Gasteiger partial charge in [-0.15, -0.1) is 0 Å². The topological polar surface area (TPSA) is 70.6 Å². The second-order valence-electron chi connectivity index (χ2n) is 5.84. The Kier molecular flexibility index (Phi) is 5.46. The SMILES string of the molecule is O=C(CCC(=O)[C@H]1NN=C[C@H]1c1ccccc1)Nc1ccc(Cl)cc1. The molecule has 25 heavy (non-hydrogen) atoms. The van der Waals surface area contributed by atoms with E-state index in [1.165, 1.54) is 0 Å². The van der Waals surface area contributed by atoms with Crippen LogP contribution in [0.1, 0.15) is 24.3 Å². The molecule has 2 aromatic carbocycles. The van der Waals surface area contributed by atoms with Gasteiger partial charge in [-0.05, 0) is 29.8 Å². The maximum Gasteiger partial charge on any atom is 0.224 e. The zero-order valence-corrected chi connectivity index (χ0v) is 14.2. The highest BCUT2D eigenvalue weighted by molar-refractivity contribution is 6.30. The lowest BCUT2D eigenvalue weighted by Crippen LogP contribution is -2.35. The number of hydrogen-bond donors (Lipinski definition) is 2. The van der Waals surface area contributed by atoms with E-state index in [-0.39, 0.29) is 30.4 Å². The van der Waals surface area contributed by atoms with E-state index in [1.54, 1.807) is 30.5 Å². The number of hydrazone groups is 1. The van der Waals surface area contributed by atoms with Crippen molar-refractivity contribution in [1.29, 1.82) is 0 Å². The lowest BCUT2D eigenvalue weighted by molar-refractivity contribution is -0.124. The minimum absolute atomic E-state index is 0.0300. The number of rotatable bonds is 6. The van der Waals surface area contributed by atoms with Crippen molar-refractivity contribution in [3.63, 3.8) is 0 Å². The Balaban J connectivity index is 1.53. The Labute approximate surface area is 151 Å². The smallest absolute Gasteiger partial charge is 0.224 e. The van der Waals surface area contributed by atoms with Crippen molar-refractivity contribution >= 4 is 35.2 Å². The van der Waals surface area contributed by atoms with Gasteiger partial charge in [-0.3, -0.25) is 15.0 Å². The molecule has 2 aromatic rings. The van der Waals surface area contributed by atoms with Gasteiger partial charge in [-0.25, -0.2) is 0 Å². The van der Waals surface area contributed by atoms with Gasteiger partial charge in [0, 0.05) is 35.7 Å². The van der Waals surface area contributed by atoms with Crippen LogP contribution in [0.3, 0.4) is 0 Å². The minimum Gasteiger partial charge on any atom is -0.326 e. The fourth-order valence-electron chi connectivity index (χ4n) is 2.74. The van der Waals surface area contributed by atoms with Crippen LogP contribution in [0, 0.1) is 0 Å². The second kappa shape index (κ2) is 7.94. The molecule has 3 rings (SSSR count). The Morgan fingerprint density at radius 1 is 1.04 bits per heavy atom. The summed E-state index contributed by atoms with van der Waals surface area (Å²) in [5.74, 6) is -0.337. The first-order chi connectivity index (χ1) is 12.1. The molecule has 0 aromatic heterocycles. The fraction of sp³-hybridized carbons (Fsp3) is 0.211. The standard InChI is InChI=1S/C19H18ClN3O2/c20-14-6-8-15(9-7-14)22-18(25)11-10-17(24)19-16(12-21-23-19)13-4-2-1-3-5-13/h1-9,12,16,19,23H,10-11H2,(H,22,25)/t16-,19-/m0/s1. The van der Waals surface area contributed by atoms with Gasteiger partial charge in [0.2, 0.25) is 5.91 Å². The summed E-state index contributed by atoms with van der Waals surface area (Å²) >= 11 is 5.81. The van der Waals surface area contributed by atoms with Crippen molar-refractivity contribution in [2.24, 2.45) is 5.10 Å². The quantitative estimate of drug-likeness (QED) is 0.834. The number of nitrogens with one attached hydrogen (secondary N) is 2. The van der Waals surface area contributed by atoms with Crippen molar-refractivity contribution in [2.75, 3.05) is 5.32 Å². The maximum absolute atomic E-state index is 12.5. The highest BCUT2D eigenvalue weighted by Crippen LogP contribution is 2.23. The second-order valence-corrected chi connectivity index (χ2v) is 6.28. The molecule has 0 fully saturated rings. The molecule has 0 saturated carbocycles. The third kappa shape index (κ3) is 4.45. The van der Waals surface area contributed by atoms with E-state index >= 15 is 0 Å². The van der Waals surface area contributed by atoms with Crippen molar-refractivity contribution in [3.05, 3.63) is 65.2 Å². The molecule has 128 valence electrons. The minimum atomic E-state index is -0.425. The number of amides is 1. The Morgan fingerprint density at radius 2 is 1.76 bits per heavy atom.